The molecule has 0 aromatic heterocycles. The molecule has 1 saturated carbocycles. The van der Waals surface area contributed by atoms with Gasteiger partial charge in [0.2, 0.25) is 0 Å². The Labute approximate surface area is 97.9 Å². The summed E-state index contributed by atoms with van der Waals surface area (Å²) in [7, 11) is 0. The van der Waals surface area contributed by atoms with Crippen LogP contribution in [0, 0.1) is 5.92 Å². The quantitative estimate of drug-likeness (QED) is 0.707. The summed E-state index contributed by atoms with van der Waals surface area (Å²) in [5.74, 6) is -0.0561. The van der Waals surface area contributed by atoms with Gasteiger partial charge in [0.05, 0.1) is 0 Å². The first-order valence-corrected chi connectivity index (χ1v) is 6.24. The Morgan fingerprint density at radius 3 is 2.62 bits per heavy atom. The molecule has 3 nitrogen and oxygen atoms in total. The van der Waals surface area contributed by atoms with Gasteiger partial charge in [-0.2, -0.15) is 0 Å². The highest BCUT2D eigenvalue weighted by molar-refractivity contribution is 5.85. The summed E-state index contributed by atoms with van der Waals surface area (Å²) < 4.78 is 0. The molecule has 0 aromatic rings. The predicted molar refractivity (Wildman–Crippen MR) is 65.4 cm³/mol. The van der Waals surface area contributed by atoms with Gasteiger partial charge in [-0.25, -0.2) is 4.79 Å². The fourth-order valence-electron chi connectivity index (χ4n) is 2.29. The number of carbonyl (C=O) groups is 1. The summed E-state index contributed by atoms with van der Waals surface area (Å²) in [5, 5.41) is 12.1. The van der Waals surface area contributed by atoms with E-state index in [0.717, 1.165) is 5.92 Å². The first-order chi connectivity index (χ1) is 7.61. The van der Waals surface area contributed by atoms with Gasteiger partial charge < -0.3 is 10.4 Å². The van der Waals surface area contributed by atoms with Gasteiger partial charge in [0.1, 0.15) is 0 Å². The molecule has 0 amide bonds. The number of carboxylic acids is 1. The molecule has 0 aliphatic heterocycles. The second-order valence-electron chi connectivity index (χ2n) is 4.79. The van der Waals surface area contributed by atoms with E-state index in [1.165, 1.54) is 32.1 Å². The van der Waals surface area contributed by atoms with Crippen LogP contribution in [0.2, 0.25) is 0 Å². The largest absolute Gasteiger partial charge is 0.478 e. The Bertz CT molecular complexity index is 255. The molecule has 16 heavy (non-hydrogen) atoms. The molecule has 0 unspecified atom stereocenters. The van der Waals surface area contributed by atoms with Crippen LogP contribution in [0.25, 0.3) is 0 Å². The lowest BCUT2D eigenvalue weighted by Crippen LogP contribution is -2.34. The van der Waals surface area contributed by atoms with Crippen LogP contribution >= 0.6 is 0 Å². The summed E-state index contributed by atoms with van der Waals surface area (Å²) in [4.78, 5) is 10.6. The lowest BCUT2D eigenvalue weighted by molar-refractivity contribution is -0.132. The van der Waals surface area contributed by atoms with Gasteiger partial charge in [-0.05, 0) is 32.6 Å². The summed E-state index contributed by atoms with van der Waals surface area (Å²) in [5.41, 5.74) is 0.420. The molecule has 1 fully saturated rings. The zero-order chi connectivity index (χ0) is 12.0. The minimum atomic E-state index is -0.827. The molecular weight excluding hydrogens is 202 g/mol. The van der Waals surface area contributed by atoms with E-state index in [9.17, 15) is 4.79 Å². The van der Waals surface area contributed by atoms with Crippen molar-refractivity contribution in [2.75, 3.05) is 6.54 Å². The highest BCUT2D eigenvalue weighted by Crippen LogP contribution is 2.26. The van der Waals surface area contributed by atoms with Crippen LogP contribution in [-0.4, -0.2) is 23.7 Å². The van der Waals surface area contributed by atoms with Gasteiger partial charge in [0, 0.05) is 18.2 Å². The lowest BCUT2D eigenvalue weighted by Gasteiger charge is -2.28. The summed E-state index contributed by atoms with van der Waals surface area (Å²) in [6.07, 6.45) is 8.45. The van der Waals surface area contributed by atoms with Crippen molar-refractivity contribution in [1.82, 2.24) is 5.32 Å². The molecule has 1 atom stereocenters. The molecule has 0 spiro atoms. The Morgan fingerprint density at radius 1 is 1.44 bits per heavy atom. The van der Waals surface area contributed by atoms with E-state index >= 15 is 0 Å². The van der Waals surface area contributed by atoms with Gasteiger partial charge in [0.25, 0.3) is 0 Å². The molecule has 0 saturated heterocycles. The number of carboxylic acid groups (broad SMARTS) is 1. The average molecular weight is 225 g/mol. The number of rotatable bonds is 5. The molecule has 1 aliphatic rings. The number of aliphatic carboxylic acids is 1. The topological polar surface area (TPSA) is 49.3 Å². The third-order valence-electron chi connectivity index (χ3n) is 3.54. The van der Waals surface area contributed by atoms with Crippen molar-refractivity contribution in [1.29, 1.82) is 0 Å². The van der Waals surface area contributed by atoms with E-state index in [1.54, 1.807) is 13.0 Å². The first-order valence-electron chi connectivity index (χ1n) is 6.24. The first kappa shape index (κ1) is 13.2. The number of hydrogen-bond donors (Lipinski definition) is 2. The van der Waals surface area contributed by atoms with Crippen molar-refractivity contribution >= 4 is 5.97 Å². The standard InChI is InChI=1S/C13H23NO2/c1-10(13(15)16)8-9-14-11(2)12-6-4-3-5-7-12/h8,11-12,14H,3-7,9H2,1-2H3,(H,15,16)/b10-8-/t11-/m0/s1. The van der Waals surface area contributed by atoms with Gasteiger partial charge in [-0.15, -0.1) is 0 Å². The van der Waals surface area contributed by atoms with Crippen LogP contribution in [0.3, 0.4) is 0 Å². The highest BCUT2D eigenvalue weighted by Gasteiger charge is 2.18. The monoisotopic (exact) mass is 225 g/mol. The van der Waals surface area contributed by atoms with E-state index in [1.807, 2.05) is 0 Å². The van der Waals surface area contributed by atoms with Crippen molar-refractivity contribution < 1.29 is 9.90 Å². The number of nitrogens with one attached hydrogen (secondary N) is 1. The van der Waals surface area contributed by atoms with Gasteiger partial charge >= 0.3 is 5.97 Å². The molecule has 0 bridgehead atoms. The minimum absolute atomic E-state index is 0.420. The van der Waals surface area contributed by atoms with E-state index in [4.69, 9.17) is 5.11 Å². The van der Waals surface area contributed by atoms with Crippen LogP contribution in [-0.2, 0) is 4.79 Å². The van der Waals surface area contributed by atoms with Gasteiger partial charge in [0.15, 0.2) is 0 Å². The van der Waals surface area contributed by atoms with E-state index in [-0.39, 0.29) is 0 Å². The van der Waals surface area contributed by atoms with Crippen molar-refractivity contribution in [3.63, 3.8) is 0 Å². The highest BCUT2D eigenvalue weighted by atomic mass is 16.4. The molecule has 1 rings (SSSR count). The molecule has 0 heterocycles. The molecule has 92 valence electrons. The van der Waals surface area contributed by atoms with Gasteiger partial charge in [-0.1, -0.05) is 25.3 Å². The molecule has 0 radical (unpaired) electrons. The van der Waals surface area contributed by atoms with Gasteiger partial charge in [-0.3, -0.25) is 0 Å². The van der Waals surface area contributed by atoms with E-state index < -0.39 is 5.97 Å². The Hall–Kier alpha value is -0.830. The maximum absolute atomic E-state index is 10.6. The molecule has 0 aromatic carbocycles. The Morgan fingerprint density at radius 2 is 2.06 bits per heavy atom. The summed E-state index contributed by atoms with van der Waals surface area (Å²) in [6, 6.07) is 0.498. The fourth-order valence-corrected chi connectivity index (χ4v) is 2.29. The summed E-state index contributed by atoms with van der Waals surface area (Å²) in [6.45, 7) is 4.50. The summed E-state index contributed by atoms with van der Waals surface area (Å²) >= 11 is 0. The molecular formula is C13H23NO2. The molecule has 3 heteroatoms. The third-order valence-corrected chi connectivity index (χ3v) is 3.54. The zero-order valence-electron chi connectivity index (χ0n) is 10.3. The van der Waals surface area contributed by atoms with Crippen LogP contribution in [0.1, 0.15) is 46.0 Å². The maximum atomic E-state index is 10.6. The predicted octanol–water partition coefficient (Wildman–Crippen LogP) is 2.58. The second-order valence-corrected chi connectivity index (χ2v) is 4.79. The minimum Gasteiger partial charge on any atom is -0.478 e. The van der Waals surface area contributed by atoms with Crippen molar-refractivity contribution in [3.05, 3.63) is 11.6 Å². The Balaban J connectivity index is 2.26. The SMILES string of the molecule is C/C(=C/CN[C@@H](C)C1CCCCC1)C(=O)O. The van der Waals surface area contributed by atoms with Crippen molar-refractivity contribution in [2.45, 2.75) is 52.0 Å². The van der Waals surface area contributed by atoms with E-state index in [0.29, 0.717) is 18.2 Å². The molecule has 2 N–H and O–H groups in total. The van der Waals surface area contributed by atoms with Crippen molar-refractivity contribution in [2.24, 2.45) is 5.92 Å². The van der Waals surface area contributed by atoms with Crippen LogP contribution in [0.4, 0.5) is 0 Å². The van der Waals surface area contributed by atoms with Crippen LogP contribution < -0.4 is 5.32 Å². The zero-order valence-corrected chi connectivity index (χ0v) is 10.3. The maximum Gasteiger partial charge on any atom is 0.330 e. The molecule has 1 aliphatic carbocycles. The second kappa shape index (κ2) is 6.69. The third kappa shape index (κ3) is 4.35. The normalized spacial score (nSPS) is 20.8. The number of hydrogen-bond acceptors (Lipinski definition) is 2. The smallest absolute Gasteiger partial charge is 0.330 e. The fraction of sp³-hybridized carbons (Fsp3) is 0.769. The van der Waals surface area contributed by atoms with E-state index in [2.05, 4.69) is 12.2 Å². The average Bonchev–Trinajstić information content (AvgIpc) is 2.29. The van der Waals surface area contributed by atoms with Crippen LogP contribution in [0.5, 0.6) is 0 Å². The van der Waals surface area contributed by atoms with Crippen molar-refractivity contribution in [3.8, 4) is 0 Å². The van der Waals surface area contributed by atoms with Crippen LogP contribution in [0.15, 0.2) is 11.6 Å². The Kier molecular flexibility index (Phi) is 5.53. The lowest BCUT2D eigenvalue weighted by atomic mass is 9.84.